The lowest BCUT2D eigenvalue weighted by atomic mass is 10.1. The number of nitrogens with zero attached hydrogens (tertiary/aromatic N) is 5. The summed E-state index contributed by atoms with van der Waals surface area (Å²) in [6, 6.07) is 7.19. The molecule has 2 aromatic rings. The highest BCUT2D eigenvalue weighted by atomic mass is 127. The third kappa shape index (κ3) is 5.69. The van der Waals surface area contributed by atoms with Gasteiger partial charge in [-0.2, -0.15) is 5.10 Å². The zero-order valence-electron chi connectivity index (χ0n) is 18.9. The molecule has 0 fully saturated rings. The lowest BCUT2D eigenvalue weighted by molar-refractivity contribution is 0.0652. The first-order valence-corrected chi connectivity index (χ1v) is 10.9. The largest absolute Gasteiger partial charge is 0.377 e. The summed E-state index contributed by atoms with van der Waals surface area (Å²) >= 11 is 0. The Hall–Kier alpha value is -2.54. The van der Waals surface area contributed by atoms with E-state index in [1.54, 1.807) is 38.4 Å². The van der Waals surface area contributed by atoms with Crippen LogP contribution in [0.5, 0.6) is 0 Å². The lowest BCUT2D eigenvalue weighted by Crippen LogP contribution is -2.47. The number of ether oxygens (including phenoxy) is 1. The minimum atomic E-state index is -0.200. The van der Waals surface area contributed by atoms with Crippen molar-refractivity contribution in [2.75, 3.05) is 27.2 Å². The second kappa shape index (κ2) is 11.5. The van der Waals surface area contributed by atoms with Gasteiger partial charge in [-0.15, -0.1) is 24.0 Å². The molecular formula is C22H30IN7O3. The molecule has 2 N–H and O–H groups in total. The van der Waals surface area contributed by atoms with Gasteiger partial charge in [0, 0.05) is 39.7 Å². The van der Waals surface area contributed by atoms with Crippen LogP contribution >= 0.6 is 24.0 Å². The van der Waals surface area contributed by atoms with Crippen LogP contribution in [0.15, 0.2) is 29.3 Å². The first-order valence-electron chi connectivity index (χ1n) is 10.9. The number of methoxy groups -OCH3 is 1. The van der Waals surface area contributed by atoms with Crippen LogP contribution in [0.4, 0.5) is 0 Å². The molecule has 1 atom stereocenters. The van der Waals surface area contributed by atoms with E-state index in [1.165, 1.54) is 4.90 Å². The molecule has 4 rings (SSSR count). The minimum Gasteiger partial charge on any atom is -0.377 e. The monoisotopic (exact) mass is 567 g/mol. The Morgan fingerprint density at radius 2 is 1.94 bits per heavy atom. The summed E-state index contributed by atoms with van der Waals surface area (Å²) in [6.45, 7) is 2.26. The highest BCUT2D eigenvalue weighted by Gasteiger charge is 2.34. The molecule has 1 aromatic heterocycles. The van der Waals surface area contributed by atoms with Crippen LogP contribution in [-0.4, -0.2) is 70.7 Å². The fourth-order valence-electron chi connectivity index (χ4n) is 4.10. The van der Waals surface area contributed by atoms with Crippen LogP contribution in [0.25, 0.3) is 0 Å². The fourth-order valence-corrected chi connectivity index (χ4v) is 4.10. The van der Waals surface area contributed by atoms with Gasteiger partial charge >= 0.3 is 0 Å². The molecule has 0 radical (unpaired) electrons. The average Bonchev–Trinajstić information content (AvgIpc) is 3.31. The molecule has 2 amide bonds. The van der Waals surface area contributed by atoms with E-state index < -0.39 is 0 Å². The SMILES string of the molecule is CN=C(NCCCCN1C(=O)c2ccccc2C1=O)NC1CCc2nc(COC)nn2C1.I. The third-order valence-corrected chi connectivity index (χ3v) is 5.72. The van der Waals surface area contributed by atoms with Gasteiger partial charge in [-0.3, -0.25) is 19.5 Å². The number of aromatic nitrogens is 3. The Bertz CT molecular complexity index is 988. The first-order chi connectivity index (χ1) is 15.6. The Kier molecular flexibility index (Phi) is 8.78. The molecule has 2 aliphatic rings. The van der Waals surface area contributed by atoms with E-state index in [1.807, 2.05) is 4.68 Å². The Balaban J connectivity index is 0.00000306. The van der Waals surface area contributed by atoms with Crippen LogP contribution in [-0.2, 0) is 24.3 Å². The molecule has 0 saturated carbocycles. The molecule has 1 unspecified atom stereocenters. The number of hydrogen-bond acceptors (Lipinski definition) is 6. The number of amides is 2. The van der Waals surface area contributed by atoms with Crippen molar-refractivity contribution in [2.24, 2.45) is 4.99 Å². The van der Waals surface area contributed by atoms with Crippen molar-refractivity contribution >= 4 is 41.8 Å². The van der Waals surface area contributed by atoms with E-state index in [0.29, 0.717) is 36.6 Å². The number of carbonyl (C=O) groups is 2. The van der Waals surface area contributed by atoms with E-state index in [9.17, 15) is 9.59 Å². The number of fused-ring (bicyclic) bond motifs is 2. The highest BCUT2D eigenvalue weighted by molar-refractivity contribution is 14.0. The molecule has 0 aliphatic carbocycles. The van der Waals surface area contributed by atoms with Crippen molar-refractivity contribution in [3.63, 3.8) is 0 Å². The van der Waals surface area contributed by atoms with Gasteiger partial charge in [0.1, 0.15) is 12.4 Å². The lowest BCUT2D eigenvalue weighted by Gasteiger charge is -2.25. The Morgan fingerprint density at radius 3 is 2.61 bits per heavy atom. The number of benzene rings is 1. The molecule has 178 valence electrons. The van der Waals surface area contributed by atoms with Gasteiger partial charge in [0.2, 0.25) is 0 Å². The zero-order valence-corrected chi connectivity index (χ0v) is 21.2. The molecule has 0 spiro atoms. The third-order valence-electron chi connectivity index (χ3n) is 5.72. The predicted molar refractivity (Wildman–Crippen MR) is 134 cm³/mol. The summed E-state index contributed by atoms with van der Waals surface area (Å²) in [6.07, 6.45) is 3.34. The quantitative estimate of drug-likeness (QED) is 0.164. The van der Waals surface area contributed by atoms with E-state index >= 15 is 0 Å². The molecule has 0 bridgehead atoms. The number of halogens is 1. The molecule has 10 nitrogen and oxygen atoms in total. The number of carbonyl (C=O) groups excluding carboxylic acids is 2. The number of rotatable bonds is 8. The molecule has 11 heteroatoms. The molecule has 3 heterocycles. The van der Waals surface area contributed by atoms with Crippen LogP contribution < -0.4 is 10.6 Å². The van der Waals surface area contributed by atoms with Crippen LogP contribution in [0.3, 0.4) is 0 Å². The van der Waals surface area contributed by atoms with Crippen LogP contribution in [0.1, 0.15) is 51.6 Å². The highest BCUT2D eigenvalue weighted by Crippen LogP contribution is 2.22. The van der Waals surface area contributed by atoms with Gasteiger partial charge in [-0.1, -0.05) is 12.1 Å². The maximum atomic E-state index is 12.4. The van der Waals surface area contributed by atoms with Crippen molar-refractivity contribution in [3.05, 3.63) is 47.0 Å². The summed E-state index contributed by atoms with van der Waals surface area (Å²) in [4.78, 5) is 35.0. The molecule has 2 aliphatic heterocycles. The maximum absolute atomic E-state index is 12.4. The second-order valence-electron chi connectivity index (χ2n) is 7.95. The van der Waals surface area contributed by atoms with E-state index in [-0.39, 0.29) is 41.8 Å². The number of unbranched alkanes of at least 4 members (excludes halogenated alkanes) is 1. The van der Waals surface area contributed by atoms with Crippen molar-refractivity contribution < 1.29 is 14.3 Å². The standard InChI is InChI=1S/C22H29N7O3.HI/c1-23-22(25-15-9-10-19-26-18(14-32-2)27-29(19)13-15)24-11-5-6-12-28-20(30)16-7-3-4-8-17(16)21(28)31;/h3-4,7-8,15H,5-6,9-14H2,1-2H3,(H2,23,24,25);1H. The molecule has 0 saturated heterocycles. The van der Waals surface area contributed by atoms with Crippen molar-refractivity contribution in [1.82, 2.24) is 30.3 Å². The van der Waals surface area contributed by atoms with Gasteiger partial charge in [-0.05, 0) is 31.4 Å². The number of imide groups is 1. The van der Waals surface area contributed by atoms with E-state index in [2.05, 4.69) is 25.7 Å². The van der Waals surface area contributed by atoms with Gasteiger partial charge in [0.15, 0.2) is 11.8 Å². The Labute approximate surface area is 210 Å². The smallest absolute Gasteiger partial charge is 0.261 e. The number of guanidine groups is 1. The number of nitrogens with one attached hydrogen (secondary N) is 2. The number of aliphatic imine (C=N–C) groups is 1. The van der Waals surface area contributed by atoms with Crippen molar-refractivity contribution in [2.45, 2.75) is 44.9 Å². The van der Waals surface area contributed by atoms with E-state index in [0.717, 1.165) is 44.0 Å². The summed E-state index contributed by atoms with van der Waals surface area (Å²) in [5, 5.41) is 11.3. The second-order valence-corrected chi connectivity index (χ2v) is 7.95. The van der Waals surface area contributed by atoms with Gasteiger partial charge < -0.3 is 15.4 Å². The Morgan fingerprint density at radius 1 is 1.21 bits per heavy atom. The summed E-state index contributed by atoms with van der Waals surface area (Å²) in [5.74, 6) is 2.04. The first kappa shape index (κ1) is 25.1. The minimum absolute atomic E-state index is 0. The predicted octanol–water partition coefficient (Wildman–Crippen LogP) is 1.60. The van der Waals surface area contributed by atoms with Crippen molar-refractivity contribution in [1.29, 1.82) is 0 Å². The fraction of sp³-hybridized carbons (Fsp3) is 0.500. The summed E-state index contributed by atoms with van der Waals surface area (Å²) in [7, 11) is 3.38. The zero-order chi connectivity index (χ0) is 22.5. The van der Waals surface area contributed by atoms with E-state index in [4.69, 9.17) is 4.74 Å². The number of hydrogen-bond donors (Lipinski definition) is 2. The van der Waals surface area contributed by atoms with Gasteiger partial charge in [-0.25, -0.2) is 9.67 Å². The normalized spacial score (nSPS) is 17.5. The molecular weight excluding hydrogens is 537 g/mol. The van der Waals surface area contributed by atoms with Crippen LogP contribution in [0, 0.1) is 0 Å². The summed E-state index contributed by atoms with van der Waals surface area (Å²) in [5.41, 5.74) is 0.996. The van der Waals surface area contributed by atoms with Crippen molar-refractivity contribution in [3.8, 4) is 0 Å². The maximum Gasteiger partial charge on any atom is 0.261 e. The molecule has 1 aromatic carbocycles. The average molecular weight is 567 g/mol. The van der Waals surface area contributed by atoms with Crippen LogP contribution in [0.2, 0.25) is 0 Å². The van der Waals surface area contributed by atoms with Gasteiger partial charge in [0.05, 0.1) is 17.7 Å². The molecule has 33 heavy (non-hydrogen) atoms. The summed E-state index contributed by atoms with van der Waals surface area (Å²) < 4.78 is 7.05. The van der Waals surface area contributed by atoms with Gasteiger partial charge in [0.25, 0.3) is 11.8 Å². The number of aryl methyl sites for hydroxylation is 1. The topological polar surface area (TPSA) is 114 Å².